The third kappa shape index (κ3) is 2.58. The van der Waals surface area contributed by atoms with Gasteiger partial charge in [0.05, 0.1) is 4.90 Å². The minimum atomic E-state index is -3.67. The van der Waals surface area contributed by atoms with Crippen LogP contribution in [0.1, 0.15) is 23.6 Å². The van der Waals surface area contributed by atoms with Gasteiger partial charge >= 0.3 is 0 Å². The molecule has 5 heteroatoms. The van der Waals surface area contributed by atoms with E-state index in [9.17, 15) is 13.2 Å². The highest BCUT2D eigenvalue weighted by molar-refractivity contribution is 7.89. The molecule has 1 saturated heterocycles. The van der Waals surface area contributed by atoms with Crippen molar-refractivity contribution in [1.82, 2.24) is 4.31 Å². The predicted molar refractivity (Wildman–Crippen MR) is 83.9 cm³/mol. The summed E-state index contributed by atoms with van der Waals surface area (Å²) in [5, 5.41) is 0. The number of nitrogens with zero attached hydrogens (tertiary/aromatic N) is 1. The highest BCUT2D eigenvalue weighted by Gasteiger charge is 2.41. The molecule has 3 rings (SSSR count). The first kappa shape index (κ1) is 14.9. The molecule has 0 aliphatic carbocycles. The van der Waals surface area contributed by atoms with Crippen LogP contribution in [0.25, 0.3) is 0 Å². The van der Waals surface area contributed by atoms with Crippen LogP contribution in [0.5, 0.6) is 0 Å². The van der Waals surface area contributed by atoms with Crippen molar-refractivity contribution >= 4 is 15.8 Å². The SMILES string of the molecule is Cc1ccc(S(=O)(=O)N2CCC(=O)C2c2ccccc2)cc1. The predicted octanol–water partition coefficient (Wildman–Crippen LogP) is 2.70. The lowest BCUT2D eigenvalue weighted by atomic mass is 10.0. The number of benzene rings is 2. The molecule has 114 valence electrons. The Balaban J connectivity index is 2.02. The van der Waals surface area contributed by atoms with Crippen LogP contribution in [0.2, 0.25) is 0 Å². The molecule has 0 spiro atoms. The largest absolute Gasteiger partial charge is 0.297 e. The Morgan fingerprint density at radius 3 is 2.27 bits per heavy atom. The highest BCUT2D eigenvalue weighted by atomic mass is 32.2. The van der Waals surface area contributed by atoms with Gasteiger partial charge in [-0.25, -0.2) is 8.42 Å². The standard InChI is InChI=1S/C17H17NO3S/c1-13-7-9-15(10-8-13)22(20,21)18-12-11-16(19)17(18)14-5-3-2-4-6-14/h2-10,17H,11-12H2,1H3. The maximum atomic E-state index is 12.8. The molecular formula is C17H17NO3S. The molecule has 1 heterocycles. The third-order valence-electron chi connectivity index (χ3n) is 3.91. The maximum absolute atomic E-state index is 12.8. The molecule has 0 aromatic heterocycles. The van der Waals surface area contributed by atoms with Gasteiger partial charge in [0.25, 0.3) is 0 Å². The van der Waals surface area contributed by atoms with E-state index in [1.807, 2.05) is 25.1 Å². The fraction of sp³-hybridized carbons (Fsp3) is 0.235. The van der Waals surface area contributed by atoms with Crippen LogP contribution in [0.4, 0.5) is 0 Å². The van der Waals surface area contributed by atoms with Crippen molar-refractivity contribution in [2.75, 3.05) is 6.54 Å². The minimum Gasteiger partial charge on any atom is -0.297 e. The second-order valence-electron chi connectivity index (χ2n) is 5.46. The Kier molecular flexibility index (Phi) is 3.85. The van der Waals surface area contributed by atoms with Crippen LogP contribution in [0.15, 0.2) is 59.5 Å². The average Bonchev–Trinajstić information content (AvgIpc) is 2.91. The van der Waals surface area contributed by atoms with Gasteiger partial charge in [0.15, 0.2) is 5.78 Å². The maximum Gasteiger partial charge on any atom is 0.244 e. The van der Waals surface area contributed by atoms with E-state index in [2.05, 4.69) is 0 Å². The van der Waals surface area contributed by atoms with E-state index < -0.39 is 16.1 Å². The summed E-state index contributed by atoms with van der Waals surface area (Å²) in [5.74, 6) is -0.0538. The minimum absolute atomic E-state index is 0.0538. The van der Waals surface area contributed by atoms with Gasteiger partial charge in [0.2, 0.25) is 10.0 Å². The van der Waals surface area contributed by atoms with Gasteiger partial charge in [0.1, 0.15) is 6.04 Å². The summed E-state index contributed by atoms with van der Waals surface area (Å²) in [4.78, 5) is 12.4. The summed E-state index contributed by atoms with van der Waals surface area (Å²) in [5.41, 5.74) is 1.72. The molecule has 4 nitrogen and oxygen atoms in total. The van der Waals surface area contributed by atoms with Crippen molar-refractivity contribution in [1.29, 1.82) is 0 Å². The smallest absolute Gasteiger partial charge is 0.244 e. The number of sulfonamides is 1. The zero-order valence-electron chi connectivity index (χ0n) is 12.3. The molecule has 0 amide bonds. The molecule has 2 aromatic carbocycles. The average molecular weight is 315 g/mol. The van der Waals surface area contributed by atoms with Crippen LogP contribution in [-0.2, 0) is 14.8 Å². The zero-order chi connectivity index (χ0) is 15.7. The number of hydrogen-bond donors (Lipinski definition) is 0. The van der Waals surface area contributed by atoms with Crippen molar-refractivity contribution in [3.8, 4) is 0 Å². The molecule has 1 atom stereocenters. The van der Waals surface area contributed by atoms with E-state index in [0.29, 0.717) is 0 Å². The lowest BCUT2D eigenvalue weighted by molar-refractivity contribution is -0.119. The van der Waals surface area contributed by atoms with Crippen LogP contribution in [0.3, 0.4) is 0 Å². The Labute approximate surface area is 130 Å². The van der Waals surface area contributed by atoms with E-state index in [-0.39, 0.29) is 23.6 Å². The highest BCUT2D eigenvalue weighted by Crippen LogP contribution is 2.34. The lowest BCUT2D eigenvalue weighted by Crippen LogP contribution is -2.32. The summed E-state index contributed by atoms with van der Waals surface area (Å²) in [6.45, 7) is 2.14. The first-order valence-corrected chi connectivity index (χ1v) is 8.60. The van der Waals surface area contributed by atoms with Gasteiger partial charge in [-0.15, -0.1) is 0 Å². The molecule has 1 unspecified atom stereocenters. The molecule has 1 aliphatic rings. The number of hydrogen-bond acceptors (Lipinski definition) is 3. The Hall–Kier alpha value is -1.98. The van der Waals surface area contributed by atoms with Gasteiger partial charge in [-0.1, -0.05) is 48.0 Å². The molecule has 22 heavy (non-hydrogen) atoms. The summed E-state index contributed by atoms with van der Waals surface area (Å²) in [7, 11) is -3.67. The quantitative estimate of drug-likeness (QED) is 0.875. The first-order chi connectivity index (χ1) is 10.5. The summed E-state index contributed by atoms with van der Waals surface area (Å²) in [6, 6.07) is 15.1. The molecule has 0 bridgehead atoms. The van der Waals surface area contributed by atoms with E-state index in [4.69, 9.17) is 0 Å². The zero-order valence-corrected chi connectivity index (χ0v) is 13.1. The topological polar surface area (TPSA) is 54.5 Å². The Morgan fingerprint density at radius 2 is 1.64 bits per heavy atom. The summed E-state index contributed by atoms with van der Waals surface area (Å²) in [6.07, 6.45) is 0.255. The number of Topliss-reactive ketones (excluding diaryl/α,β-unsaturated/α-hetero) is 1. The van der Waals surface area contributed by atoms with Gasteiger partial charge in [-0.2, -0.15) is 4.31 Å². The fourth-order valence-corrected chi connectivity index (χ4v) is 4.34. The van der Waals surface area contributed by atoms with Gasteiger partial charge < -0.3 is 0 Å². The van der Waals surface area contributed by atoms with Crippen molar-refractivity contribution in [2.45, 2.75) is 24.3 Å². The Morgan fingerprint density at radius 1 is 1.00 bits per heavy atom. The number of carbonyl (C=O) groups is 1. The Bertz CT molecular complexity index is 782. The van der Waals surface area contributed by atoms with E-state index in [1.165, 1.54) is 4.31 Å². The molecule has 1 aliphatic heterocycles. The van der Waals surface area contributed by atoms with Gasteiger partial charge in [0, 0.05) is 13.0 Å². The summed E-state index contributed by atoms with van der Waals surface area (Å²) < 4.78 is 27.0. The van der Waals surface area contributed by atoms with E-state index in [0.717, 1.165) is 11.1 Å². The molecular weight excluding hydrogens is 298 g/mol. The molecule has 0 saturated carbocycles. The molecule has 0 radical (unpaired) electrons. The van der Waals surface area contributed by atoms with Crippen molar-refractivity contribution in [3.63, 3.8) is 0 Å². The fourth-order valence-electron chi connectivity index (χ4n) is 2.74. The van der Waals surface area contributed by atoms with E-state index in [1.54, 1.807) is 36.4 Å². The van der Waals surface area contributed by atoms with Crippen LogP contribution in [0, 0.1) is 6.92 Å². The number of carbonyl (C=O) groups excluding carboxylic acids is 1. The normalized spacial score (nSPS) is 19.5. The first-order valence-electron chi connectivity index (χ1n) is 7.16. The second-order valence-corrected chi connectivity index (χ2v) is 7.35. The van der Waals surface area contributed by atoms with Crippen molar-refractivity contribution in [3.05, 3.63) is 65.7 Å². The molecule has 1 fully saturated rings. The van der Waals surface area contributed by atoms with Crippen LogP contribution in [-0.4, -0.2) is 25.1 Å². The van der Waals surface area contributed by atoms with Crippen molar-refractivity contribution < 1.29 is 13.2 Å². The van der Waals surface area contributed by atoms with E-state index >= 15 is 0 Å². The summed E-state index contributed by atoms with van der Waals surface area (Å²) >= 11 is 0. The number of ketones is 1. The number of aryl methyl sites for hydroxylation is 1. The van der Waals surface area contributed by atoms with Crippen LogP contribution >= 0.6 is 0 Å². The van der Waals surface area contributed by atoms with Crippen LogP contribution < -0.4 is 0 Å². The van der Waals surface area contributed by atoms with Gasteiger partial charge in [-0.05, 0) is 24.6 Å². The van der Waals surface area contributed by atoms with Gasteiger partial charge in [-0.3, -0.25) is 4.79 Å². The van der Waals surface area contributed by atoms with Crippen molar-refractivity contribution in [2.24, 2.45) is 0 Å². The molecule has 2 aromatic rings. The lowest BCUT2D eigenvalue weighted by Gasteiger charge is -2.23. The monoisotopic (exact) mass is 315 g/mol. The number of rotatable bonds is 3. The second kappa shape index (κ2) is 5.66. The molecule has 0 N–H and O–H groups in total. The third-order valence-corrected chi connectivity index (χ3v) is 5.79.